The van der Waals surface area contributed by atoms with Crippen molar-refractivity contribution in [2.24, 2.45) is 0 Å². The maximum Gasteiger partial charge on any atom is 0.257 e. The first-order valence-corrected chi connectivity index (χ1v) is 9.25. The van der Waals surface area contributed by atoms with Crippen LogP contribution in [0.3, 0.4) is 0 Å². The third-order valence-corrected chi connectivity index (χ3v) is 4.86. The summed E-state index contributed by atoms with van der Waals surface area (Å²) in [5, 5.41) is 18.3. The predicted molar refractivity (Wildman–Crippen MR) is 109 cm³/mol. The Kier molecular flexibility index (Phi) is 4.99. The fraction of sp³-hybridized carbons (Fsp3) is 0.130. The second-order valence-electron chi connectivity index (χ2n) is 7.04. The summed E-state index contributed by atoms with van der Waals surface area (Å²) in [5.41, 5.74) is 3.29. The van der Waals surface area contributed by atoms with Crippen molar-refractivity contribution < 1.29 is 14.3 Å². The number of nitrogens with zero attached hydrogens (tertiary/aromatic N) is 2. The van der Waals surface area contributed by atoms with Crippen LogP contribution >= 0.6 is 0 Å². The number of phenols is 1. The van der Waals surface area contributed by atoms with Crippen LogP contribution in [0.5, 0.6) is 5.75 Å². The molecule has 3 aromatic carbocycles. The molecular weight excluding hydrogens is 369 g/mol. The van der Waals surface area contributed by atoms with Gasteiger partial charge in [-0.15, -0.1) is 0 Å². The summed E-state index contributed by atoms with van der Waals surface area (Å²) in [5.74, 6) is -0.701. The summed E-state index contributed by atoms with van der Waals surface area (Å²) >= 11 is 0. The van der Waals surface area contributed by atoms with E-state index in [9.17, 15) is 14.3 Å². The van der Waals surface area contributed by atoms with Gasteiger partial charge < -0.3 is 10.0 Å². The molecule has 1 heterocycles. The first-order valence-electron chi connectivity index (χ1n) is 9.25. The van der Waals surface area contributed by atoms with E-state index >= 15 is 0 Å². The molecule has 4 rings (SSSR count). The Bertz CT molecular complexity index is 1170. The molecule has 0 saturated heterocycles. The maximum absolute atomic E-state index is 13.5. The zero-order valence-electron chi connectivity index (χ0n) is 15.9. The molecule has 0 aliphatic heterocycles. The van der Waals surface area contributed by atoms with E-state index in [0.717, 1.165) is 16.5 Å². The number of nitrogens with one attached hydrogen (secondary N) is 1. The lowest BCUT2D eigenvalue weighted by Gasteiger charge is -2.18. The van der Waals surface area contributed by atoms with Crippen LogP contribution in [0.25, 0.3) is 10.9 Å². The van der Waals surface area contributed by atoms with Crippen LogP contribution in [0.1, 0.15) is 27.2 Å². The zero-order chi connectivity index (χ0) is 20.4. The van der Waals surface area contributed by atoms with Crippen LogP contribution in [0.2, 0.25) is 0 Å². The van der Waals surface area contributed by atoms with Crippen molar-refractivity contribution in [3.05, 3.63) is 94.9 Å². The Hall–Kier alpha value is -3.67. The van der Waals surface area contributed by atoms with Crippen molar-refractivity contribution in [3.8, 4) is 5.75 Å². The first-order chi connectivity index (χ1) is 14.0. The minimum Gasteiger partial charge on any atom is -0.507 e. The van der Waals surface area contributed by atoms with Crippen LogP contribution in [0.4, 0.5) is 4.39 Å². The standard InChI is InChI=1S/C23H20FN3O2/c1-27(14-15-6-3-2-4-7-15)23(29)19-12-18-20(25-26-21(18)13-22(19)28)11-16-8-5-9-17(24)10-16/h2-10,12-13,28H,11,14H2,1H3,(H,25,26). The van der Waals surface area contributed by atoms with Gasteiger partial charge in [-0.2, -0.15) is 5.10 Å². The molecule has 6 heteroatoms. The fourth-order valence-electron chi connectivity index (χ4n) is 3.39. The Balaban J connectivity index is 1.64. The third kappa shape index (κ3) is 3.96. The zero-order valence-corrected chi connectivity index (χ0v) is 15.9. The van der Waals surface area contributed by atoms with Crippen LogP contribution in [-0.2, 0) is 13.0 Å². The molecule has 0 spiro atoms. The average molecular weight is 389 g/mol. The molecule has 0 saturated carbocycles. The van der Waals surface area contributed by atoms with Gasteiger partial charge in [0, 0.05) is 31.5 Å². The SMILES string of the molecule is CN(Cc1ccccc1)C(=O)c1cc2c(Cc3cccc(F)c3)n[nH]c2cc1O. The second-order valence-corrected chi connectivity index (χ2v) is 7.04. The average Bonchev–Trinajstić information content (AvgIpc) is 3.09. The van der Waals surface area contributed by atoms with E-state index in [1.54, 1.807) is 24.1 Å². The number of fused-ring (bicyclic) bond motifs is 1. The van der Waals surface area contributed by atoms with E-state index in [4.69, 9.17) is 0 Å². The molecule has 1 amide bonds. The molecule has 29 heavy (non-hydrogen) atoms. The number of amides is 1. The summed E-state index contributed by atoms with van der Waals surface area (Å²) < 4.78 is 13.5. The highest BCUT2D eigenvalue weighted by Gasteiger charge is 2.19. The highest BCUT2D eigenvalue weighted by atomic mass is 19.1. The van der Waals surface area contributed by atoms with E-state index in [0.29, 0.717) is 24.2 Å². The summed E-state index contributed by atoms with van der Waals surface area (Å²) in [4.78, 5) is 14.5. The number of rotatable bonds is 5. The van der Waals surface area contributed by atoms with E-state index in [1.807, 2.05) is 36.4 Å². The van der Waals surface area contributed by atoms with E-state index in [-0.39, 0.29) is 23.0 Å². The van der Waals surface area contributed by atoms with Gasteiger partial charge in [0.25, 0.3) is 5.91 Å². The lowest BCUT2D eigenvalue weighted by Crippen LogP contribution is -2.26. The summed E-state index contributed by atoms with van der Waals surface area (Å²) in [6.45, 7) is 0.429. The number of phenolic OH excluding ortho intramolecular Hbond substituents is 1. The lowest BCUT2D eigenvalue weighted by atomic mass is 10.0. The van der Waals surface area contributed by atoms with E-state index in [2.05, 4.69) is 10.2 Å². The van der Waals surface area contributed by atoms with Gasteiger partial charge in [0.15, 0.2) is 0 Å². The minimum atomic E-state index is -0.307. The van der Waals surface area contributed by atoms with Crippen molar-refractivity contribution in [3.63, 3.8) is 0 Å². The van der Waals surface area contributed by atoms with Gasteiger partial charge in [-0.3, -0.25) is 9.89 Å². The Morgan fingerprint density at radius 3 is 2.59 bits per heavy atom. The number of carbonyl (C=O) groups is 1. The number of benzene rings is 3. The van der Waals surface area contributed by atoms with Crippen molar-refractivity contribution in [2.45, 2.75) is 13.0 Å². The molecule has 0 aliphatic carbocycles. The number of H-pyrrole nitrogens is 1. The number of halogens is 1. The Morgan fingerprint density at radius 1 is 1.07 bits per heavy atom. The molecule has 0 unspecified atom stereocenters. The Labute approximate surface area is 167 Å². The van der Waals surface area contributed by atoms with Crippen LogP contribution in [0, 0.1) is 5.82 Å². The summed E-state index contributed by atoms with van der Waals surface area (Å²) in [6, 6.07) is 19.1. The highest BCUT2D eigenvalue weighted by Crippen LogP contribution is 2.28. The molecule has 0 fully saturated rings. The van der Waals surface area contributed by atoms with Crippen LogP contribution in [-0.4, -0.2) is 33.2 Å². The van der Waals surface area contributed by atoms with E-state index in [1.165, 1.54) is 18.2 Å². The molecule has 5 nitrogen and oxygen atoms in total. The highest BCUT2D eigenvalue weighted by molar-refractivity contribution is 6.01. The van der Waals surface area contributed by atoms with Crippen molar-refractivity contribution in [2.75, 3.05) is 7.05 Å². The second kappa shape index (κ2) is 7.75. The van der Waals surface area contributed by atoms with Gasteiger partial charge in [-0.1, -0.05) is 42.5 Å². The fourth-order valence-corrected chi connectivity index (χ4v) is 3.39. The first kappa shape index (κ1) is 18.7. The topological polar surface area (TPSA) is 69.2 Å². The number of hydrogen-bond donors (Lipinski definition) is 2. The number of aromatic nitrogens is 2. The van der Waals surface area contributed by atoms with Crippen LogP contribution in [0.15, 0.2) is 66.7 Å². The molecule has 2 N–H and O–H groups in total. The number of hydrogen-bond acceptors (Lipinski definition) is 3. The summed E-state index contributed by atoms with van der Waals surface area (Å²) in [6.07, 6.45) is 0.413. The summed E-state index contributed by atoms with van der Waals surface area (Å²) in [7, 11) is 1.70. The van der Waals surface area contributed by atoms with Crippen LogP contribution < -0.4 is 0 Å². The number of aromatic hydroxyl groups is 1. The maximum atomic E-state index is 13.5. The number of aromatic amines is 1. The lowest BCUT2D eigenvalue weighted by molar-refractivity contribution is 0.0782. The predicted octanol–water partition coefficient (Wildman–Crippen LogP) is 4.27. The van der Waals surface area contributed by atoms with Crippen molar-refractivity contribution in [1.29, 1.82) is 0 Å². The number of carbonyl (C=O) groups excluding carboxylic acids is 1. The molecule has 146 valence electrons. The molecule has 1 aromatic heterocycles. The quantitative estimate of drug-likeness (QED) is 0.536. The van der Waals surface area contributed by atoms with E-state index < -0.39 is 0 Å². The minimum absolute atomic E-state index is 0.108. The molecule has 0 atom stereocenters. The monoisotopic (exact) mass is 389 g/mol. The smallest absolute Gasteiger partial charge is 0.257 e. The van der Waals surface area contributed by atoms with Gasteiger partial charge >= 0.3 is 0 Å². The molecule has 4 aromatic rings. The largest absolute Gasteiger partial charge is 0.507 e. The Morgan fingerprint density at radius 2 is 1.83 bits per heavy atom. The van der Waals surface area contributed by atoms with Gasteiger partial charge in [-0.25, -0.2) is 4.39 Å². The third-order valence-electron chi connectivity index (χ3n) is 4.86. The molecule has 0 radical (unpaired) electrons. The molecular formula is C23H20FN3O2. The van der Waals surface area contributed by atoms with Crippen molar-refractivity contribution >= 4 is 16.8 Å². The van der Waals surface area contributed by atoms with Gasteiger partial charge in [0.05, 0.1) is 16.8 Å². The molecule has 0 aliphatic rings. The van der Waals surface area contributed by atoms with Gasteiger partial charge in [0.2, 0.25) is 0 Å². The normalized spacial score (nSPS) is 11.0. The van der Waals surface area contributed by atoms with Gasteiger partial charge in [0.1, 0.15) is 11.6 Å². The van der Waals surface area contributed by atoms with Crippen molar-refractivity contribution in [1.82, 2.24) is 15.1 Å². The van der Waals surface area contributed by atoms with Gasteiger partial charge in [-0.05, 0) is 29.3 Å². The molecule has 0 bridgehead atoms.